The fourth-order valence-electron chi connectivity index (χ4n) is 16.3. The summed E-state index contributed by atoms with van der Waals surface area (Å²) < 4.78 is 5.99. The minimum atomic E-state index is 0. The van der Waals surface area contributed by atoms with Crippen LogP contribution in [0.4, 0.5) is 39.8 Å². The van der Waals surface area contributed by atoms with Gasteiger partial charge in [-0.1, -0.05) is 235 Å². The van der Waals surface area contributed by atoms with E-state index in [1.54, 1.807) is 0 Å². The first-order valence-electron chi connectivity index (χ1n) is 42.8. The van der Waals surface area contributed by atoms with Crippen LogP contribution in [0.1, 0.15) is 60.0 Å². The number of anilines is 7. The van der Waals surface area contributed by atoms with Crippen LogP contribution in [0.25, 0.3) is 122 Å². The minimum absolute atomic E-state index is 0. The summed E-state index contributed by atoms with van der Waals surface area (Å²) in [5.74, 6) is 0. The van der Waals surface area contributed by atoms with Crippen LogP contribution in [-0.2, 0) is 68.6 Å². The molecule has 3 aliphatic rings. The SMILES string of the molecule is CN1C=CN(c2[c-]cc(-c3ccc4c(c3)oc3ccccc34)cc2)[CH-]1.Cc1cc(-c2[c-]cc(C(C)(C)C)cc2)[n-]n1.Cc1cc(-c2[c-]cccc2)[n-]n1.Cc1cc(-c2ccccc2)cc(C)c1-c1c[c-]c(N2[CH-]N(C)c3ccccc32)cc1.Cc1cc(-c2ccccc2)cc(C)c1-c1c[c-]c(N2[CH-]N(C)c3ccccc32)cc1.[Pt+4].[Pt+4].[Pt+4].[c-]1ccccc1-c1[n-]nc2ccccc12. The summed E-state index contributed by atoms with van der Waals surface area (Å²) in [6, 6.07) is 134. The van der Waals surface area contributed by atoms with Crippen LogP contribution in [0.5, 0.6) is 0 Å². The van der Waals surface area contributed by atoms with Crippen LogP contribution in [0, 0.1) is 97.9 Å². The molecule has 0 N–H and O–H groups in total. The molecular weight excluding hydrogens is 2150 g/mol. The first-order chi connectivity index (χ1) is 62.3. The molecule has 0 saturated heterocycles. The quantitative estimate of drug-likeness (QED) is 0.115. The minimum Gasteiger partial charge on any atom is -0.619 e. The number of hydrogen-bond donors (Lipinski definition) is 0. The Balaban J connectivity index is 0.000000130. The van der Waals surface area contributed by atoms with Crippen molar-refractivity contribution in [3.8, 4) is 89.4 Å². The van der Waals surface area contributed by atoms with E-state index in [9.17, 15) is 0 Å². The van der Waals surface area contributed by atoms with Gasteiger partial charge in [-0.25, -0.2) is 11.4 Å². The van der Waals surface area contributed by atoms with E-state index < -0.39 is 0 Å². The van der Waals surface area contributed by atoms with Gasteiger partial charge < -0.3 is 64.4 Å². The molecule has 3 aliphatic heterocycles. The Morgan fingerprint density at radius 3 is 1.24 bits per heavy atom. The maximum absolute atomic E-state index is 5.99. The van der Waals surface area contributed by atoms with E-state index in [1.807, 2.05) is 165 Å². The second-order valence-corrected chi connectivity index (χ2v) is 33.2. The summed E-state index contributed by atoms with van der Waals surface area (Å²) in [4.78, 5) is 12.7. The number of aromatic nitrogens is 6. The number of fused-ring (bicyclic) bond motifs is 6. The van der Waals surface area contributed by atoms with Gasteiger partial charge in [0.25, 0.3) is 0 Å². The smallest absolute Gasteiger partial charge is 0.619 e. The first kappa shape index (κ1) is 93.7. The Bertz CT molecular complexity index is 6790. The molecule has 7 heterocycles. The number of aryl methyl sites for hydroxylation is 6. The molecule has 22 rings (SSSR count). The Labute approximate surface area is 813 Å². The van der Waals surface area contributed by atoms with Gasteiger partial charge in [0.2, 0.25) is 0 Å². The monoisotopic (exact) mass is 2250 g/mol. The van der Waals surface area contributed by atoms with Crippen LogP contribution >= 0.6 is 0 Å². The summed E-state index contributed by atoms with van der Waals surface area (Å²) in [5, 5.41) is 27.7. The maximum Gasteiger partial charge on any atom is 4.00 e. The molecule has 19 aromatic rings. The number of rotatable bonds is 11. The molecular formula is C115H96N12OPt3. The van der Waals surface area contributed by atoms with E-state index >= 15 is 0 Å². The van der Waals surface area contributed by atoms with Crippen LogP contribution in [0.15, 0.2) is 350 Å². The second-order valence-electron chi connectivity index (χ2n) is 33.2. The third-order valence-corrected chi connectivity index (χ3v) is 22.8. The zero-order valence-electron chi connectivity index (χ0n) is 74.9. The van der Waals surface area contributed by atoms with Crippen molar-refractivity contribution in [1.82, 2.24) is 35.5 Å². The molecule has 0 unspecified atom stereocenters. The Kier molecular flexibility index (Phi) is 30.4. The van der Waals surface area contributed by atoms with Gasteiger partial charge in [0.05, 0.1) is 0 Å². The van der Waals surface area contributed by atoms with Gasteiger partial charge in [-0.2, -0.15) is 97.0 Å². The fraction of sp³-hybridized carbons (Fsp3) is 0.113. The van der Waals surface area contributed by atoms with Crippen molar-refractivity contribution < 1.29 is 67.6 Å². The molecule has 13 nitrogen and oxygen atoms in total. The van der Waals surface area contributed by atoms with E-state index in [-0.39, 0.29) is 68.6 Å². The van der Waals surface area contributed by atoms with Gasteiger partial charge >= 0.3 is 63.2 Å². The third kappa shape index (κ3) is 21.7. The van der Waals surface area contributed by atoms with Crippen molar-refractivity contribution in [1.29, 1.82) is 0 Å². The molecule has 0 spiro atoms. The number of para-hydroxylation sites is 5. The molecule has 0 radical (unpaired) electrons. The Morgan fingerprint density at radius 2 is 0.779 bits per heavy atom. The molecule has 0 aliphatic carbocycles. The van der Waals surface area contributed by atoms with Crippen molar-refractivity contribution >= 4 is 72.7 Å². The molecule has 0 bridgehead atoms. The molecule has 4 aromatic heterocycles. The van der Waals surface area contributed by atoms with Crippen molar-refractivity contribution in [3.05, 3.63) is 442 Å². The third-order valence-electron chi connectivity index (χ3n) is 22.8. The normalized spacial score (nSPS) is 12.2. The van der Waals surface area contributed by atoms with Crippen LogP contribution in [0.2, 0.25) is 0 Å². The number of nitrogens with zero attached hydrogens (tertiary/aromatic N) is 12. The van der Waals surface area contributed by atoms with Crippen molar-refractivity contribution in [2.45, 2.75) is 67.7 Å². The maximum atomic E-state index is 5.99. The number of furan rings is 1. The molecule has 15 aromatic carbocycles. The summed E-state index contributed by atoms with van der Waals surface area (Å²) in [6.45, 7) is 25.5. The van der Waals surface area contributed by atoms with Gasteiger partial charge in [0.15, 0.2) is 0 Å². The molecule has 16 heteroatoms. The summed E-state index contributed by atoms with van der Waals surface area (Å²) in [5.41, 5.74) is 37.2. The fourth-order valence-corrected chi connectivity index (χ4v) is 16.3. The average molecular weight is 2250 g/mol. The van der Waals surface area contributed by atoms with Gasteiger partial charge in [0, 0.05) is 50.4 Å². The van der Waals surface area contributed by atoms with E-state index in [0.29, 0.717) is 0 Å². The number of hydrogen-bond acceptors (Lipinski definition) is 10. The van der Waals surface area contributed by atoms with Gasteiger partial charge in [-0.3, -0.25) is 0 Å². The van der Waals surface area contributed by atoms with E-state index in [4.69, 9.17) is 4.42 Å². The van der Waals surface area contributed by atoms with Crippen molar-refractivity contribution in [2.24, 2.45) is 0 Å². The van der Waals surface area contributed by atoms with Gasteiger partial charge in [-0.05, 0) is 145 Å². The summed E-state index contributed by atoms with van der Waals surface area (Å²) >= 11 is 0. The number of benzene rings is 15. The van der Waals surface area contributed by atoms with Gasteiger partial charge in [-0.15, -0.1) is 142 Å². The van der Waals surface area contributed by atoms with Crippen molar-refractivity contribution in [2.75, 3.05) is 45.6 Å². The Hall–Kier alpha value is -13.4. The molecule has 0 fully saturated rings. The molecule has 0 atom stereocenters. The van der Waals surface area contributed by atoms with E-state index in [2.05, 4.69) is 381 Å². The van der Waals surface area contributed by atoms with E-state index in [0.717, 1.165) is 106 Å². The summed E-state index contributed by atoms with van der Waals surface area (Å²) in [6.07, 6.45) is 4.03. The Morgan fingerprint density at radius 1 is 0.328 bits per heavy atom. The standard InChI is InChI=1S/2C28H24N2.C22H16N2O.C14H16N2.C13H8N2.C10H8N2.3Pt/c2*1-20-17-24(22-9-5-4-6-10-22)18-21(2)28(20)23-13-15-25(16-14-23)30-19-29(3)26-11-7-8-12-27(26)30;1-23-12-13-24(15-23)18-9-6-16(7-10-18)17-8-11-20-19-4-2-3-5-21(19)25-22(20)14-17;1-10-9-13(16-15-10)11-5-7-12(8-6-11)14(2,3)4;1-2-6-10(7-3-1)13-11-8-4-5-9-12(11)14-15-13;1-8-7-10(12-11-8)9-5-3-2-4-6-9;;;/h2*4-15,17-19H,1-3H3;2-9,11-15H,1H3;5,7-9H,1-4H3;1-6,8-9H;2-5,7H,1H3;;;/q6*-2;3*+4. The largest absolute Gasteiger partial charge is 4.00 e. The van der Waals surface area contributed by atoms with Crippen LogP contribution < -0.4 is 39.8 Å². The summed E-state index contributed by atoms with van der Waals surface area (Å²) in [7, 11) is 6.16. The zero-order valence-corrected chi connectivity index (χ0v) is 81.7. The van der Waals surface area contributed by atoms with Crippen molar-refractivity contribution in [3.63, 3.8) is 0 Å². The topological polar surface area (TPSA) is 114 Å². The van der Waals surface area contributed by atoms with Gasteiger partial charge in [0.1, 0.15) is 11.2 Å². The van der Waals surface area contributed by atoms with Crippen LogP contribution in [0.3, 0.4) is 0 Å². The predicted octanol–water partition coefficient (Wildman–Crippen LogP) is 27.3. The average Bonchev–Trinajstić information content (AvgIpc) is 1.65. The molecule has 131 heavy (non-hydrogen) atoms. The van der Waals surface area contributed by atoms with Crippen LogP contribution in [-0.4, -0.2) is 41.3 Å². The molecule has 0 amide bonds. The molecule has 652 valence electrons. The molecule has 0 saturated carbocycles. The van der Waals surface area contributed by atoms with E-state index in [1.165, 1.54) is 95.1 Å². The second kappa shape index (κ2) is 42.4. The first-order valence-corrected chi connectivity index (χ1v) is 42.8. The predicted molar refractivity (Wildman–Crippen MR) is 527 cm³/mol. The zero-order chi connectivity index (χ0) is 88.4.